The van der Waals surface area contributed by atoms with Crippen LogP contribution in [0.1, 0.15) is 29.5 Å². The molecule has 3 heteroatoms. The predicted molar refractivity (Wildman–Crippen MR) is 178 cm³/mol. The fourth-order valence-electron chi connectivity index (χ4n) is 5.59. The summed E-state index contributed by atoms with van der Waals surface area (Å²) in [4.78, 5) is 0.461. The van der Waals surface area contributed by atoms with Gasteiger partial charge in [-0.25, -0.2) is 0 Å². The van der Waals surface area contributed by atoms with Crippen molar-refractivity contribution in [3.8, 4) is 11.1 Å². The SMILES string of the molecule is C=Cc1ccc(-c2ccc(N(C3(Cl)C=CC(c4ccccc4)=CC3)C3(Cl)C=CC(c4ccccc4)=CC3)cc2)cc1. The number of alkyl halides is 2. The lowest BCUT2D eigenvalue weighted by atomic mass is 9.91. The third-order valence-corrected chi connectivity index (χ3v) is 8.71. The van der Waals surface area contributed by atoms with E-state index < -0.39 is 10.00 Å². The molecule has 2 aliphatic carbocycles. The second-order valence-electron chi connectivity index (χ2n) is 10.5. The number of allylic oxidation sites excluding steroid dienone is 4. The highest BCUT2D eigenvalue weighted by Gasteiger charge is 2.45. The maximum Gasteiger partial charge on any atom is 0.139 e. The first-order valence-corrected chi connectivity index (χ1v) is 14.6. The summed E-state index contributed by atoms with van der Waals surface area (Å²) in [7, 11) is 0. The van der Waals surface area contributed by atoms with Crippen molar-refractivity contribution in [2.75, 3.05) is 4.90 Å². The number of nitrogens with zero attached hydrogens (tertiary/aromatic N) is 1. The van der Waals surface area contributed by atoms with Crippen molar-refractivity contribution in [3.63, 3.8) is 0 Å². The molecule has 0 radical (unpaired) electrons. The molecule has 0 spiro atoms. The fourth-order valence-corrected chi connectivity index (χ4v) is 6.41. The summed E-state index contributed by atoms with van der Waals surface area (Å²) in [6.45, 7) is 3.86. The van der Waals surface area contributed by atoms with Crippen LogP contribution in [0.15, 0.2) is 152 Å². The van der Waals surface area contributed by atoms with Crippen molar-refractivity contribution in [2.45, 2.75) is 22.8 Å². The maximum absolute atomic E-state index is 7.54. The number of anilines is 1. The van der Waals surface area contributed by atoms with Gasteiger partial charge in [0.05, 0.1) is 0 Å². The zero-order valence-corrected chi connectivity index (χ0v) is 24.3. The lowest BCUT2D eigenvalue weighted by molar-refractivity contribution is 0.534. The molecular weight excluding hydrogens is 541 g/mol. The molecule has 0 saturated heterocycles. The molecule has 6 rings (SSSR count). The average molecular weight is 573 g/mol. The Kier molecular flexibility index (Phi) is 7.58. The molecule has 41 heavy (non-hydrogen) atoms. The smallest absolute Gasteiger partial charge is 0.139 e. The van der Waals surface area contributed by atoms with Gasteiger partial charge in [0.2, 0.25) is 0 Å². The van der Waals surface area contributed by atoms with Crippen LogP contribution >= 0.6 is 23.2 Å². The van der Waals surface area contributed by atoms with Gasteiger partial charge >= 0.3 is 0 Å². The Balaban J connectivity index is 1.35. The van der Waals surface area contributed by atoms with Crippen LogP contribution in [0.5, 0.6) is 0 Å². The minimum atomic E-state index is -0.852. The monoisotopic (exact) mass is 571 g/mol. The topological polar surface area (TPSA) is 3.24 Å². The van der Waals surface area contributed by atoms with Crippen LogP contribution in [-0.2, 0) is 0 Å². The Morgan fingerprint density at radius 1 is 0.561 bits per heavy atom. The summed E-state index contributed by atoms with van der Waals surface area (Å²) in [5, 5.41) is 0. The van der Waals surface area contributed by atoms with Crippen molar-refractivity contribution in [1.82, 2.24) is 0 Å². The van der Waals surface area contributed by atoms with Crippen molar-refractivity contribution in [2.24, 2.45) is 0 Å². The molecule has 0 saturated carbocycles. The van der Waals surface area contributed by atoms with E-state index in [9.17, 15) is 0 Å². The lowest BCUT2D eigenvalue weighted by Crippen LogP contribution is -2.55. The summed E-state index contributed by atoms with van der Waals surface area (Å²) in [6.07, 6.45) is 15.9. The number of hydrogen-bond donors (Lipinski definition) is 0. The van der Waals surface area contributed by atoms with E-state index in [1.54, 1.807) is 0 Å². The van der Waals surface area contributed by atoms with Crippen LogP contribution < -0.4 is 4.90 Å². The predicted octanol–water partition coefficient (Wildman–Crippen LogP) is 10.8. The van der Waals surface area contributed by atoms with Gasteiger partial charge in [0, 0.05) is 18.5 Å². The van der Waals surface area contributed by atoms with E-state index in [1.807, 2.05) is 18.2 Å². The molecule has 2 aliphatic rings. The fraction of sp³-hybridized carbons (Fsp3) is 0.105. The van der Waals surface area contributed by atoms with E-state index in [4.69, 9.17) is 23.2 Å². The first-order chi connectivity index (χ1) is 20.0. The highest BCUT2D eigenvalue weighted by atomic mass is 35.5. The quantitative estimate of drug-likeness (QED) is 0.157. The van der Waals surface area contributed by atoms with Crippen LogP contribution in [0.3, 0.4) is 0 Å². The van der Waals surface area contributed by atoms with Crippen LogP contribution in [0.25, 0.3) is 28.3 Å². The van der Waals surface area contributed by atoms with Gasteiger partial charge in [-0.2, -0.15) is 0 Å². The first kappa shape index (κ1) is 27.1. The van der Waals surface area contributed by atoms with Gasteiger partial charge in [-0.3, -0.25) is 0 Å². The molecule has 0 N–H and O–H groups in total. The van der Waals surface area contributed by atoms with Gasteiger partial charge in [-0.1, -0.05) is 157 Å². The zero-order chi connectivity index (χ0) is 28.3. The van der Waals surface area contributed by atoms with Gasteiger partial charge in [-0.05, 0) is 63.2 Å². The molecule has 0 aromatic heterocycles. The highest BCUT2D eigenvalue weighted by molar-refractivity contribution is 6.32. The second kappa shape index (κ2) is 11.4. The molecule has 2 unspecified atom stereocenters. The molecule has 0 fully saturated rings. The Labute approximate surface area is 253 Å². The van der Waals surface area contributed by atoms with E-state index in [1.165, 1.54) is 11.1 Å². The largest absolute Gasteiger partial charge is 0.326 e. The average Bonchev–Trinajstić information content (AvgIpc) is 3.03. The van der Waals surface area contributed by atoms with Gasteiger partial charge < -0.3 is 4.90 Å². The van der Waals surface area contributed by atoms with Crippen LogP contribution in [0.2, 0.25) is 0 Å². The molecule has 0 bridgehead atoms. The molecule has 0 aliphatic heterocycles. The maximum atomic E-state index is 7.54. The van der Waals surface area contributed by atoms with E-state index in [0.717, 1.165) is 33.5 Å². The van der Waals surface area contributed by atoms with Crippen molar-refractivity contribution in [3.05, 3.63) is 169 Å². The number of hydrogen-bond acceptors (Lipinski definition) is 1. The lowest BCUT2D eigenvalue weighted by Gasteiger charge is -2.49. The van der Waals surface area contributed by atoms with Gasteiger partial charge in [-0.15, -0.1) is 0 Å². The highest BCUT2D eigenvalue weighted by Crippen LogP contribution is 2.47. The first-order valence-electron chi connectivity index (χ1n) is 13.9. The summed E-state index contributed by atoms with van der Waals surface area (Å²) < 4.78 is 0. The molecular formula is C38H31Cl2N. The number of halogens is 2. The Morgan fingerprint density at radius 3 is 1.39 bits per heavy atom. The van der Waals surface area contributed by atoms with Crippen molar-refractivity contribution in [1.29, 1.82) is 0 Å². The molecule has 1 nitrogen and oxygen atoms in total. The van der Waals surface area contributed by atoms with Gasteiger partial charge in [0.15, 0.2) is 0 Å². The van der Waals surface area contributed by atoms with Crippen LogP contribution in [0.4, 0.5) is 5.69 Å². The zero-order valence-electron chi connectivity index (χ0n) is 22.8. The summed E-state index contributed by atoms with van der Waals surface area (Å²) in [5.74, 6) is 0. The normalized spacial score (nSPS) is 21.6. The van der Waals surface area contributed by atoms with E-state index in [2.05, 4.69) is 145 Å². The molecule has 4 aromatic rings. The molecule has 4 aromatic carbocycles. The van der Waals surface area contributed by atoms with Gasteiger partial charge in [0.25, 0.3) is 0 Å². The molecule has 0 amide bonds. The number of rotatable bonds is 7. The standard InChI is InChI=1S/C38H31Cl2N/c1-2-29-13-15-32(16-14-29)33-17-19-36(20-18-33)41(37(39)25-21-34(22-26-37)30-9-5-3-6-10-30)38(40)27-23-35(24-28-38)31-11-7-4-8-12-31/h2-25,27H,1,26,28H2. The molecule has 0 heterocycles. The van der Waals surface area contributed by atoms with Crippen molar-refractivity contribution >= 4 is 46.1 Å². The van der Waals surface area contributed by atoms with Gasteiger partial charge in [0.1, 0.15) is 10.00 Å². The van der Waals surface area contributed by atoms with E-state index in [0.29, 0.717) is 12.8 Å². The minimum Gasteiger partial charge on any atom is -0.326 e. The summed E-state index contributed by atoms with van der Waals surface area (Å²) in [5.41, 5.74) is 9.02. The third-order valence-electron chi connectivity index (χ3n) is 7.82. The third kappa shape index (κ3) is 5.61. The molecule has 2 atom stereocenters. The number of benzene rings is 4. The Hall–Kier alpha value is -4.04. The van der Waals surface area contributed by atoms with Crippen LogP contribution in [-0.4, -0.2) is 10.00 Å². The second-order valence-corrected chi connectivity index (χ2v) is 11.8. The van der Waals surface area contributed by atoms with E-state index in [-0.39, 0.29) is 0 Å². The van der Waals surface area contributed by atoms with Crippen LogP contribution in [0, 0.1) is 0 Å². The van der Waals surface area contributed by atoms with E-state index >= 15 is 0 Å². The minimum absolute atomic E-state index is 0.609. The van der Waals surface area contributed by atoms with Crippen molar-refractivity contribution < 1.29 is 0 Å². The summed E-state index contributed by atoms with van der Waals surface area (Å²) >= 11 is 15.1. The summed E-state index contributed by atoms with van der Waals surface area (Å²) in [6, 6.07) is 37.7. The Bertz CT molecular complexity index is 1570. The Morgan fingerprint density at radius 2 is 1.00 bits per heavy atom. The molecule has 202 valence electrons.